The third-order valence-corrected chi connectivity index (χ3v) is 7.68. The summed E-state index contributed by atoms with van der Waals surface area (Å²) in [4.78, 5) is 24.4. The molecule has 7 nitrogen and oxygen atoms in total. The Balaban J connectivity index is 1.64. The summed E-state index contributed by atoms with van der Waals surface area (Å²) < 4.78 is 27.3. The average molecular weight is 444 g/mol. The van der Waals surface area contributed by atoms with E-state index in [0.717, 1.165) is 37.7 Å². The van der Waals surface area contributed by atoms with E-state index in [1.807, 2.05) is 6.07 Å². The van der Waals surface area contributed by atoms with E-state index < -0.39 is 10.0 Å². The third kappa shape index (κ3) is 5.51. The highest BCUT2D eigenvalue weighted by molar-refractivity contribution is 7.89. The molecular formula is C23H29N3O4S. The van der Waals surface area contributed by atoms with Gasteiger partial charge in [-0.15, -0.1) is 0 Å². The minimum absolute atomic E-state index is 0.0345. The van der Waals surface area contributed by atoms with E-state index >= 15 is 0 Å². The quantitative estimate of drug-likeness (QED) is 0.688. The molecule has 2 aromatic rings. The fraction of sp³-hybridized carbons (Fsp3) is 0.391. The van der Waals surface area contributed by atoms with Gasteiger partial charge in [-0.05, 0) is 54.8 Å². The van der Waals surface area contributed by atoms with E-state index in [2.05, 4.69) is 10.6 Å². The van der Waals surface area contributed by atoms with Crippen molar-refractivity contribution >= 4 is 21.8 Å². The minimum atomic E-state index is -3.59. The maximum absolute atomic E-state index is 12.9. The lowest BCUT2D eigenvalue weighted by Gasteiger charge is -2.30. The van der Waals surface area contributed by atoms with Gasteiger partial charge in [0.1, 0.15) is 0 Å². The summed E-state index contributed by atoms with van der Waals surface area (Å²) in [6.07, 6.45) is 5.03. The summed E-state index contributed by atoms with van der Waals surface area (Å²) in [6, 6.07) is 13.1. The van der Waals surface area contributed by atoms with Gasteiger partial charge in [0.15, 0.2) is 0 Å². The van der Waals surface area contributed by atoms with E-state index in [4.69, 9.17) is 0 Å². The lowest BCUT2D eigenvalue weighted by Crippen LogP contribution is -2.38. The van der Waals surface area contributed by atoms with Crippen molar-refractivity contribution in [3.63, 3.8) is 0 Å². The van der Waals surface area contributed by atoms with E-state index in [1.165, 1.54) is 28.6 Å². The molecule has 1 aliphatic carbocycles. The van der Waals surface area contributed by atoms with E-state index in [9.17, 15) is 18.0 Å². The van der Waals surface area contributed by atoms with Crippen molar-refractivity contribution in [2.45, 2.75) is 49.6 Å². The maximum Gasteiger partial charge on any atom is 0.251 e. The second kappa shape index (κ2) is 10.1. The Morgan fingerprint density at radius 2 is 1.65 bits per heavy atom. The highest BCUT2D eigenvalue weighted by Gasteiger charge is 2.29. The molecule has 0 saturated heterocycles. The molecule has 1 saturated carbocycles. The lowest BCUT2D eigenvalue weighted by atomic mass is 9.96. The van der Waals surface area contributed by atoms with Crippen LogP contribution in [0, 0.1) is 0 Å². The molecule has 2 aromatic carbocycles. The largest absolute Gasteiger partial charge is 0.355 e. The van der Waals surface area contributed by atoms with Crippen LogP contribution >= 0.6 is 0 Å². The zero-order valence-electron chi connectivity index (χ0n) is 17.9. The van der Waals surface area contributed by atoms with Gasteiger partial charge in [-0.3, -0.25) is 9.59 Å². The molecule has 8 heteroatoms. The molecule has 0 unspecified atom stereocenters. The molecule has 1 fully saturated rings. The standard InChI is InChI=1S/C23H29N3O4S/c1-24-22(27)19-8-6-7-17(15-19)16-25-23(28)18-11-13-21(14-12-18)31(29,30)26(2)20-9-4-3-5-10-20/h6-8,11-15,20H,3-5,9-10,16H2,1-2H3,(H,24,27)(H,25,28). The first-order chi connectivity index (χ1) is 14.8. The fourth-order valence-corrected chi connectivity index (χ4v) is 5.25. The number of amides is 2. The molecule has 31 heavy (non-hydrogen) atoms. The molecule has 166 valence electrons. The molecule has 3 rings (SSSR count). The number of nitrogens with zero attached hydrogens (tertiary/aromatic N) is 1. The van der Waals surface area contributed by atoms with Gasteiger partial charge in [-0.2, -0.15) is 4.31 Å². The summed E-state index contributed by atoms with van der Waals surface area (Å²) >= 11 is 0. The number of hydrogen-bond acceptors (Lipinski definition) is 4. The molecule has 0 radical (unpaired) electrons. The van der Waals surface area contributed by atoms with Crippen molar-refractivity contribution in [2.75, 3.05) is 14.1 Å². The van der Waals surface area contributed by atoms with Crippen LogP contribution in [0.1, 0.15) is 58.4 Å². The van der Waals surface area contributed by atoms with Crippen molar-refractivity contribution in [1.82, 2.24) is 14.9 Å². The van der Waals surface area contributed by atoms with Crippen LogP contribution in [0.4, 0.5) is 0 Å². The van der Waals surface area contributed by atoms with Crippen molar-refractivity contribution in [3.05, 3.63) is 65.2 Å². The zero-order valence-corrected chi connectivity index (χ0v) is 18.7. The van der Waals surface area contributed by atoms with Crippen molar-refractivity contribution in [2.24, 2.45) is 0 Å². The van der Waals surface area contributed by atoms with Gasteiger partial charge >= 0.3 is 0 Å². The smallest absolute Gasteiger partial charge is 0.251 e. The molecule has 0 aromatic heterocycles. The molecular weight excluding hydrogens is 414 g/mol. The summed E-state index contributed by atoms with van der Waals surface area (Å²) in [5.74, 6) is -0.502. The first kappa shape index (κ1) is 23.0. The van der Waals surface area contributed by atoms with Crippen molar-refractivity contribution < 1.29 is 18.0 Å². The van der Waals surface area contributed by atoms with Crippen LogP contribution in [0.25, 0.3) is 0 Å². The molecule has 1 aliphatic rings. The molecule has 0 spiro atoms. The van der Waals surface area contributed by atoms with Crippen LogP contribution in [0.5, 0.6) is 0 Å². The Morgan fingerprint density at radius 3 is 2.29 bits per heavy atom. The Morgan fingerprint density at radius 1 is 0.968 bits per heavy atom. The predicted octanol–water partition coefficient (Wildman–Crippen LogP) is 2.93. The monoisotopic (exact) mass is 443 g/mol. The predicted molar refractivity (Wildman–Crippen MR) is 119 cm³/mol. The van der Waals surface area contributed by atoms with E-state index in [1.54, 1.807) is 32.3 Å². The van der Waals surface area contributed by atoms with Crippen LogP contribution in [-0.2, 0) is 16.6 Å². The number of hydrogen-bond donors (Lipinski definition) is 2. The molecule has 0 aliphatic heterocycles. The number of rotatable bonds is 7. The Hall–Kier alpha value is -2.71. The molecule has 0 atom stereocenters. The van der Waals surface area contributed by atoms with Gasteiger partial charge in [0.05, 0.1) is 4.90 Å². The Bertz CT molecular complexity index is 1030. The normalized spacial score (nSPS) is 14.9. The zero-order chi connectivity index (χ0) is 22.4. The van der Waals surface area contributed by atoms with Gasteiger partial charge in [0.25, 0.3) is 11.8 Å². The highest BCUT2D eigenvalue weighted by atomic mass is 32.2. The maximum atomic E-state index is 12.9. The molecule has 0 bridgehead atoms. The van der Waals surface area contributed by atoms with Crippen molar-refractivity contribution in [3.8, 4) is 0 Å². The van der Waals surface area contributed by atoms with Gasteiger partial charge in [0, 0.05) is 37.8 Å². The van der Waals surface area contributed by atoms with Crippen LogP contribution in [0.2, 0.25) is 0 Å². The number of benzene rings is 2. The lowest BCUT2D eigenvalue weighted by molar-refractivity contribution is 0.0948. The average Bonchev–Trinajstić information content (AvgIpc) is 2.82. The van der Waals surface area contributed by atoms with Crippen LogP contribution in [0.3, 0.4) is 0 Å². The summed E-state index contributed by atoms with van der Waals surface area (Å²) in [5, 5.41) is 5.37. The second-order valence-electron chi connectivity index (χ2n) is 7.80. The number of sulfonamides is 1. The Kier molecular flexibility index (Phi) is 7.46. The molecule has 0 heterocycles. The number of nitrogens with one attached hydrogen (secondary N) is 2. The Labute approximate surface area is 183 Å². The summed E-state index contributed by atoms with van der Waals surface area (Å²) in [6.45, 7) is 0.258. The van der Waals surface area contributed by atoms with Crippen molar-refractivity contribution in [1.29, 1.82) is 0 Å². The first-order valence-electron chi connectivity index (χ1n) is 10.5. The minimum Gasteiger partial charge on any atom is -0.355 e. The second-order valence-corrected chi connectivity index (χ2v) is 9.80. The summed E-state index contributed by atoms with van der Waals surface area (Å²) in [5.41, 5.74) is 1.69. The van der Waals surface area contributed by atoms with Gasteiger partial charge < -0.3 is 10.6 Å². The van der Waals surface area contributed by atoms with Crippen LogP contribution in [0.15, 0.2) is 53.4 Å². The highest BCUT2D eigenvalue weighted by Crippen LogP contribution is 2.26. The number of carbonyl (C=O) groups is 2. The third-order valence-electron chi connectivity index (χ3n) is 5.75. The topological polar surface area (TPSA) is 95.6 Å². The van der Waals surface area contributed by atoms with Gasteiger partial charge in [-0.25, -0.2) is 8.42 Å². The fourth-order valence-electron chi connectivity index (χ4n) is 3.84. The van der Waals surface area contributed by atoms with E-state index in [0.29, 0.717) is 11.1 Å². The first-order valence-corrected chi connectivity index (χ1v) is 11.9. The van der Waals surface area contributed by atoms with Crippen LogP contribution in [-0.4, -0.2) is 44.7 Å². The molecule has 2 amide bonds. The molecule has 2 N–H and O–H groups in total. The van der Waals surface area contributed by atoms with E-state index in [-0.39, 0.29) is 29.3 Å². The van der Waals surface area contributed by atoms with Crippen LogP contribution < -0.4 is 10.6 Å². The summed E-state index contributed by atoms with van der Waals surface area (Å²) in [7, 11) is -0.387. The van der Waals surface area contributed by atoms with Gasteiger partial charge in [-0.1, -0.05) is 31.4 Å². The SMILES string of the molecule is CNC(=O)c1cccc(CNC(=O)c2ccc(S(=O)(=O)N(C)C3CCCCC3)cc2)c1. The van der Waals surface area contributed by atoms with Gasteiger partial charge in [0.2, 0.25) is 10.0 Å². The number of carbonyl (C=O) groups excluding carboxylic acids is 2.